The van der Waals surface area contributed by atoms with Gasteiger partial charge in [0.05, 0.1) is 6.10 Å². The molecule has 0 saturated heterocycles. The minimum Gasteiger partial charge on any atom is -0.388 e. The summed E-state index contributed by atoms with van der Waals surface area (Å²) in [5, 5.41) is 10.1. The maximum Gasteiger partial charge on any atom is 0.0841 e. The van der Waals surface area contributed by atoms with E-state index in [0.717, 1.165) is 17.7 Å². The van der Waals surface area contributed by atoms with Gasteiger partial charge in [-0.25, -0.2) is 0 Å². The summed E-state index contributed by atoms with van der Waals surface area (Å²) in [6.45, 7) is 6.33. The van der Waals surface area contributed by atoms with Crippen LogP contribution < -0.4 is 0 Å². The molecule has 1 N–H and O–H groups in total. The highest BCUT2D eigenvalue weighted by atomic mass is 16.3. The van der Waals surface area contributed by atoms with E-state index in [0.29, 0.717) is 11.8 Å². The van der Waals surface area contributed by atoms with Gasteiger partial charge in [0.2, 0.25) is 0 Å². The molecule has 14 heavy (non-hydrogen) atoms. The number of nitrogens with zero attached hydrogens (tertiary/aromatic N) is 1. The molecule has 76 valence electrons. The highest BCUT2D eigenvalue weighted by Crippen LogP contribution is 2.39. The van der Waals surface area contributed by atoms with Gasteiger partial charge >= 0.3 is 0 Å². The Morgan fingerprint density at radius 1 is 1.50 bits per heavy atom. The van der Waals surface area contributed by atoms with Crippen molar-refractivity contribution in [1.29, 1.82) is 0 Å². The van der Waals surface area contributed by atoms with E-state index in [1.54, 1.807) is 0 Å². The van der Waals surface area contributed by atoms with Crippen LogP contribution in [0.15, 0.2) is 12.3 Å². The van der Waals surface area contributed by atoms with Gasteiger partial charge in [0, 0.05) is 17.5 Å². The van der Waals surface area contributed by atoms with E-state index in [4.69, 9.17) is 0 Å². The monoisotopic (exact) mass is 191 g/mol. The van der Waals surface area contributed by atoms with Crippen LogP contribution in [0, 0.1) is 18.8 Å². The first-order valence-electron chi connectivity index (χ1n) is 5.23. The van der Waals surface area contributed by atoms with Gasteiger partial charge in [0.15, 0.2) is 0 Å². The molecular formula is C12H17NO. The number of rotatable bonds is 1. The predicted octanol–water partition coefficient (Wildman–Crippen LogP) is 2.25. The number of aliphatic hydroxyl groups excluding tert-OH is 1. The van der Waals surface area contributed by atoms with E-state index >= 15 is 0 Å². The van der Waals surface area contributed by atoms with Crippen LogP contribution in [0.4, 0.5) is 0 Å². The summed E-state index contributed by atoms with van der Waals surface area (Å²) in [6, 6.07) is 2.10. The lowest BCUT2D eigenvalue weighted by Crippen LogP contribution is -2.13. The van der Waals surface area contributed by atoms with Gasteiger partial charge in [-0.3, -0.25) is 4.98 Å². The summed E-state index contributed by atoms with van der Waals surface area (Å²) in [4.78, 5) is 4.23. The molecule has 2 rings (SSSR count). The smallest absolute Gasteiger partial charge is 0.0841 e. The Labute approximate surface area is 85.0 Å². The summed E-state index contributed by atoms with van der Waals surface area (Å²) in [5.41, 5.74) is 3.36. The number of hydrogen-bond donors (Lipinski definition) is 1. The second kappa shape index (κ2) is 3.35. The number of aromatic nitrogens is 1. The van der Waals surface area contributed by atoms with Crippen molar-refractivity contribution in [3.8, 4) is 0 Å². The van der Waals surface area contributed by atoms with Crippen LogP contribution in [-0.2, 0) is 6.42 Å². The second-order valence-electron chi connectivity index (χ2n) is 4.58. The highest BCUT2D eigenvalue weighted by molar-refractivity contribution is 5.33. The quantitative estimate of drug-likeness (QED) is 0.738. The third-order valence-corrected chi connectivity index (χ3v) is 3.20. The van der Waals surface area contributed by atoms with Crippen molar-refractivity contribution in [2.75, 3.05) is 0 Å². The van der Waals surface area contributed by atoms with E-state index < -0.39 is 0 Å². The summed E-state index contributed by atoms with van der Waals surface area (Å²) < 4.78 is 0. The molecule has 1 aromatic heterocycles. The minimum atomic E-state index is -0.307. The zero-order chi connectivity index (χ0) is 10.3. The zero-order valence-corrected chi connectivity index (χ0v) is 8.99. The van der Waals surface area contributed by atoms with Crippen LogP contribution in [0.2, 0.25) is 0 Å². The summed E-state index contributed by atoms with van der Waals surface area (Å²) in [6.07, 6.45) is 2.52. The number of fused-ring (bicyclic) bond motifs is 1. The molecule has 0 aromatic carbocycles. The maximum atomic E-state index is 10.1. The lowest BCUT2D eigenvalue weighted by Gasteiger charge is -2.18. The molecule has 2 heteroatoms. The molecule has 0 bridgehead atoms. The van der Waals surface area contributed by atoms with Crippen LogP contribution in [0.5, 0.6) is 0 Å². The van der Waals surface area contributed by atoms with Gasteiger partial charge in [-0.15, -0.1) is 0 Å². The molecule has 2 nitrogen and oxygen atoms in total. The lowest BCUT2D eigenvalue weighted by atomic mass is 9.91. The topological polar surface area (TPSA) is 33.1 Å². The largest absolute Gasteiger partial charge is 0.388 e. The first kappa shape index (κ1) is 9.66. The fourth-order valence-electron chi connectivity index (χ4n) is 2.27. The van der Waals surface area contributed by atoms with Crippen LogP contribution in [0.25, 0.3) is 0 Å². The van der Waals surface area contributed by atoms with Crippen molar-refractivity contribution in [3.63, 3.8) is 0 Å². The van der Waals surface area contributed by atoms with E-state index in [9.17, 15) is 5.11 Å². The Balaban J connectivity index is 2.35. The normalized spacial score (nSPS) is 25.5. The molecule has 0 spiro atoms. The van der Waals surface area contributed by atoms with E-state index in [1.165, 1.54) is 5.56 Å². The van der Waals surface area contributed by atoms with Gasteiger partial charge in [0.25, 0.3) is 0 Å². The average Bonchev–Trinajstić information content (AvgIpc) is 2.43. The van der Waals surface area contributed by atoms with Crippen LogP contribution in [-0.4, -0.2) is 10.1 Å². The Hall–Kier alpha value is -0.890. The molecule has 0 aliphatic heterocycles. The number of hydrogen-bond acceptors (Lipinski definition) is 2. The number of aliphatic hydroxyl groups is 1. The van der Waals surface area contributed by atoms with Crippen LogP contribution in [0.1, 0.15) is 36.8 Å². The van der Waals surface area contributed by atoms with Gasteiger partial charge in [-0.2, -0.15) is 0 Å². The number of aryl methyl sites for hydroxylation is 1. The fraction of sp³-hybridized carbons (Fsp3) is 0.583. The Kier molecular flexibility index (Phi) is 2.31. The first-order chi connectivity index (χ1) is 6.59. The molecule has 2 atom stereocenters. The lowest BCUT2D eigenvalue weighted by molar-refractivity contribution is 0.0966. The Bertz CT molecular complexity index is 346. The molecule has 1 aromatic rings. The fourth-order valence-corrected chi connectivity index (χ4v) is 2.27. The molecule has 0 radical (unpaired) electrons. The zero-order valence-electron chi connectivity index (χ0n) is 8.99. The molecule has 2 unspecified atom stereocenters. The summed E-state index contributed by atoms with van der Waals surface area (Å²) in [7, 11) is 0. The number of pyridine rings is 1. The molecule has 0 amide bonds. The maximum absolute atomic E-state index is 10.1. The standard InChI is InChI=1S/C12H17NO/c1-7(2)10-5-9-4-8(3)13-6-11(9)12(10)14/h4,6-7,10,12,14H,5H2,1-3H3. The van der Waals surface area contributed by atoms with Crippen molar-refractivity contribution in [1.82, 2.24) is 4.98 Å². The van der Waals surface area contributed by atoms with Crippen molar-refractivity contribution >= 4 is 0 Å². The SMILES string of the molecule is Cc1cc2c(cn1)C(O)C(C(C)C)C2. The third kappa shape index (κ3) is 1.44. The van der Waals surface area contributed by atoms with E-state index in [2.05, 4.69) is 24.9 Å². The Morgan fingerprint density at radius 3 is 2.86 bits per heavy atom. The van der Waals surface area contributed by atoms with Gasteiger partial charge in [-0.05, 0) is 36.8 Å². The molecule has 1 aliphatic carbocycles. The van der Waals surface area contributed by atoms with Gasteiger partial charge < -0.3 is 5.11 Å². The van der Waals surface area contributed by atoms with Crippen LogP contribution >= 0.6 is 0 Å². The molecule has 1 heterocycles. The Morgan fingerprint density at radius 2 is 2.21 bits per heavy atom. The van der Waals surface area contributed by atoms with Gasteiger partial charge in [-0.1, -0.05) is 13.8 Å². The van der Waals surface area contributed by atoms with Crippen molar-refractivity contribution in [2.45, 2.75) is 33.3 Å². The molecule has 0 fully saturated rings. The molecule has 0 saturated carbocycles. The van der Waals surface area contributed by atoms with Crippen LogP contribution in [0.3, 0.4) is 0 Å². The third-order valence-electron chi connectivity index (χ3n) is 3.20. The van der Waals surface area contributed by atoms with Crippen molar-refractivity contribution < 1.29 is 5.11 Å². The second-order valence-corrected chi connectivity index (χ2v) is 4.58. The predicted molar refractivity (Wildman–Crippen MR) is 56.0 cm³/mol. The van der Waals surface area contributed by atoms with E-state index in [1.807, 2.05) is 13.1 Å². The summed E-state index contributed by atoms with van der Waals surface area (Å²) >= 11 is 0. The first-order valence-corrected chi connectivity index (χ1v) is 5.23. The van der Waals surface area contributed by atoms with E-state index in [-0.39, 0.29) is 6.10 Å². The molecular weight excluding hydrogens is 174 g/mol. The minimum absolute atomic E-state index is 0.307. The van der Waals surface area contributed by atoms with Crippen molar-refractivity contribution in [2.24, 2.45) is 11.8 Å². The molecule has 1 aliphatic rings. The highest BCUT2D eigenvalue weighted by Gasteiger charge is 2.32. The van der Waals surface area contributed by atoms with Gasteiger partial charge in [0.1, 0.15) is 0 Å². The van der Waals surface area contributed by atoms with Crippen molar-refractivity contribution in [3.05, 3.63) is 29.1 Å². The average molecular weight is 191 g/mol. The summed E-state index contributed by atoms with van der Waals surface area (Å²) in [5.74, 6) is 0.895.